The smallest absolute Gasteiger partial charge is 0.133 e. The van der Waals surface area contributed by atoms with E-state index >= 15 is 0 Å². The molecule has 2 rings (SSSR count). The van der Waals surface area contributed by atoms with Crippen molar-refractivity contribution in [1.82, 2.24) is 4.98 Å². The van der Waals surface area contributed by atoms with Crippen LogP contribution in [-0.2, 0) is 0 Å². The topological polar surface area (TPSA) is 50.9 Å². The largest absolute Gasteiger partial charge is 0.368 e. The van der Waals surface area contributed by atoms with Crippen LogP contribution >= 0.6 is 0 Å². The first-order chi connectivity index (χ1) is 7.31. The van der Waals surface area contributed by atoms with Crippen molar-refractivity contribution in [2.24, 2.45) is 5.73 Å². The number of fused-ring (bicyclic) bond motifs is 1. The molecule has 0 aliphatic heterocycles. The molecule has 0 aliphatic rings. The highest BCUT2D eigenvalue weighted by atomic mass is 15.0. The summed E-state index contributed by atoms with van der Waals surface area (Å²) < 4.78 is 0. The Morgan fingerprint density at radius 1 is 1.33 bits per heavy atom. The second-order valence-electron chi connectivity index (χ2n) is 3.60. The van der Waals surface area contributed by atoms with E-state index in [2.05, 4.69) is 35.4 Å². The molecule has 0 spiro atoms. The Morgan fingerprint density at radius 2 is 2.20 bits per heavy atom. The number of anilines is 1. The van der Waals surface area contributed by atoms with Crippen LogP contribution in [0.1, 0.15) is 5.56 Å². The SMILES string of the molecule is Cc1ccc2c(NCCN)nccc2c1. The lowest BCUT2D eigenvalue weighted by Gasteiger charge is -2.07. The van der Waals surface area contributed by atoms with Gasteiger partial charge in [-0.3, -0.25) is 0 Å². The maximum absolute atomic E-state index is 5.45. The van der Waals surface area contributed by atoms with Gasteiger partial charge in [0, 0.05) is 24.7 Å². The molecule has 1 aromatic heterocycles. The van der Waals surface area contributed by atoms with E-state index in [0.29, 0.717) is 6.54 Å². The molecule has 0 aliphatic carbocycles. The van der Waals surface area contributed by atoms with Crippen LogP contribution in [0.4, 0.5) is 5.82 Å². The third-order valence-corrected chi connectivity index (χ3v) is 2.36. The predicted octanol–water partition coefficient (Wildman–Crippen LogP) is 1.91. The molecule has 0 saturated carbocycles. The minimum absolute atomic E-state index is 0.615. The van der Waals surface area contributed by atoms with Gasteiger partial charge in [0.15, 0.2) is 0 Å². The van der Waals surface area contributed by atoms with Gasteiger partial charge in [-0.2, -0.15) is 0 Å². The molecule has 0 radical (unpaired) electrons. The molecule has 0 saturated heterocycles. The van der Waals surface area contributed by atoms with Gasteiger partial charge < -0.3 is 11.1 Å². The van der Waals surface area contributed by atoms with Crippen LogP contribution in [0, 0.1) is 6.92 Å². The van der Waals surface area contributed by atoms with Gasteiger partial charge in [0.25, 0.3) is 0 Å². The first-order valence-corrected chi connectivity index (χ1v) is 5.10. The number of aromatic nitrogens is 1. The van der Waals surface area contributed by atoms with Crippen LogP contribution in [0.5, 0.6) is 0 Å². The molecule has 0 bridgehead atoms. The third kappa shape index (κ3) is 2.07. The van der Waals surface area contributed by atoms with Crippen molar-refractivity contribution < 1.29 is 0 Å². The first kappa shape index (κ1) is 9.93. The lowest BCUT2D eigenvalue weighted by molar-refractivity contribution is 1.01. The molecule has 2 aromatic rings. The summed E-state index contributed by atoms with van der Waals surface area (Å²) in [7, 11) is 0. The monoisotopic (exact) mass is 201 g/mol. The second kappa shape index (κ2) is 4.28. The van der Waals surface area contributed by atoms with Gasteiger partial charge >= 0.3 is 0 Å². The Bertz CT molecular complexity index is 465. The third-order valence-electron chi connectivity index (χ3n) is 2.36. The van der Waals surface area contributed by atoms with Gasteiger partial charge in [0.1, 0.15) is 5.82 Å². The lowest BCUT2D eigenvalue weighted by Crippen LogP contribution is -2.13. The Kier molecular flexibility index (Phi) is 2.83. The summed E-state index contributed by atoms with van der Waals surface area (Å²) in [4.78, 5) is 4.31. The molecule has 15 heavy (non-hydrogen) atoms. The molecule has 0 fully saturated rings. The Morgan fingerprint density at radius 3 is 3.00 bits per heavy atom. The summed E-state index contributed by atoms with van der Waals surface area (Å²) in [5.74, 6) is 0.915. The summed E-state index contributed by atoms with van der Waals surface area (Å²) >= 11 is 0. The highest BCUT2D eigenvalue weighted by Crippen LogP contribution is 2.21. The summed E-state index contributed by atoms with van der Waals surface area (Å²) in [5, 5.41) is 5.58. The highest BCUT2D eigenvalue weighted by Gasteiger charge is 2.00. The number of hydrogen-bond acceptors (Lipinski definition) is 3. The van der Waals surface area contributed by atoms with E-state index in [9.17, 15) is 0 Å². The predicted molar refractivity (Wildman–Crippen MR) is 64.0 cm³/mol. The zero-order chi connectivity index (χ0) is 10.7. The van der Waals surface area contributed by atoms with E-state index in [1.165, 1.54) is 10.9 Å². The van der Waals surface area contributed by atoms with E-state index in [0.717, 1.165) is 17.7 Å². The van der Waals surface area contributed by atoms with Gasteiger partial charge in [-0.25, -0.2) is 4.98 Å². The van der Waals surface area contributed by atoms with Crippen LogP contribution in [0.3, 0.4) is 0 Å². The molecule has 3 N–H and O–H groups in total. The summed E-state index contributed by atoms with van der Waals surface area (Å²) in [6, 6.07) is 8.37. The number of pyridine rings is 1. The standard InChI is InChI=1S/C12H15N3/c1-9-2-3-11-10(8-9)4-6-14-12(11)15-7-5-13/h2-4,6,8H,5,7,13H2,1H3,(H,14,15). The highest BCUT2D eigenvalue weighted by molar-refractivity contribution is 5.92. The van der Waals surface area contributed by atoms with Crippen LogP contribution in [0.25, 0.3) is 10.8 Å². The fraction of sp³-hybridized carbons (Fsp3) is 0.250. The average molecular weight is 201 g/mol. The van der Waals surface area contributed by atoms with Crippen LogP contribution in [0.2, 0.25) is 0 Å². The van der Waals surface area contributed by atoms with E-state index in [4.69, 9.17) is 5.73 Å². The van der Waals surface area contributed by atoms with Crippen molar-refractivity contribution in [3.8, 4) is 0 Å². The van der Waals surface area contributed by atoms with Gasteiger partial charge in [0.2, 0.25) is 0 Å². The number of rotatable bonds is 3. The molecule has 3 heteroatoms. The molecule has 1 aromatic carbocycles. The Labute approximate surface area is 89.3 Å². The van der Waals surface area contributed by atoms with Crippen molar-refractivity contribution >= 4 is 16.6 Å². The normalized spacial score (nSPS) is 10.5. The van der Waals surface area contributed by atoms with Crippen molar-refractivity contribution in [2.75, 3.05) is 18.4 Å². The molecule has 78 valence electrons. The van der Waals surface area contributed by atoms with Crippen molar-refractivity contribution in [3.63, 3.8) is 0 Å². The molecule has 1 heterocycles. The molecular weight excluding hydrogens is 186 g/mol. The second-order valence-corrected chi connectivity index (χ2v) is 3.60. The maximum Gasteiger partial charge on any atom is 0.133 e. The van der Waals surface area contributed by atoms with Crippen LogP contribution in [-0.4, -0.2) is 18.1 Å². The maximum atomic E-state index is 5.45. The zero-order valence-electron chi connectivity index (χ0n) is 8.83. The number of benzene rings is 1. The van der Waals surface area contributed by atoms with Crippen LogP contribution in [0.15, 0.2) is 30.5 Å². The Balaban J connectivity index is 2.46. The van der Waals surface area contributed by atoms with Gasteiger partial charge in [-0.05, 0) is 18.4 Å². The zero-order valence-corrected chi connectivity index (χ0v) is 8.83. The number of nitrogens with zero attached hydrogens (tertiary/aromatic N) is 1. The van der Waals surface area contributed by atoms with E-state index in [1.54, 1.807) is 0 Å². The first-order valence-electron chi connectivity index (χ1n) is 5.10. The van der Waals surface area contributed by atoms with Gasteiger partial charge in [-0.1, -0.05) is 23.8 Å². The summed E-state index contributed by atoms with van der Waals surface area (Å²) in [6.45, 7) is 3.46. The molecule has 0 amide bonds. The minimum Gasteiger partial charge on any atom is -0.368 e. The van der Waals surface area contributed by atoms with Crippen molar-refractivity contribution in [1.29, 1.82) is 0 Å². The van der Waals surface area contributed by atoms with Crippen molar-refractivity contribution in [2.45, 2.75) is 6.92 Å². The number of aryl methyl sites for hydroxylation is 1. The van der Waals surface area contributed by atoms with Crippen molar-refractivity contribution in [3.05, 3.63) is 36.0 Å². The number of hydrogen-bond donors (Lipinski definition) is 2. The fourth-order valence-electron chi connectivity index (χ4n) is 1.63. The Hall–Kier alpha value is -1.61. The van der Waals surface area contributed by atoms with E-state index < -0.39 is 0 Å². The number of nitrogens with two attached hydrogens (primary N) is 1. The summed E-state index contributed by atoms with van der Waals surface area (Å²) in [5.41, 5.74) is 6.72. The lowest BCUT2D eigenvalue weighted by atomic mass is 10.1. The van der Waals surface area contributed by atoms with Gasteiger partial charge in [-0.15, -0.1) is 0 Å². The van der Waals surface area contributed by atoms with E-state index in [1.807, 2.05) is 12.3 Å². The molecular formula is C12H15N3. The average Bonchev–Trinajstić information content (AvgIpc) is 2.25. The number of nitrogens with one attached hydrogen (secondary N) is 1. The fourth-order valence-corrected chi connectivity index (χ4v) is 1.63. The quantitative estimate of drug-likeness (QED) is 0.797. The van der Waals surface area contributed by atoms with E-state index in [-0.39, 0.29) is 0 Å². The molecule has 3 nitrogen and oxygen atoms in total. The molecule has 0 atom stereocenters. The van der Waals surface area contributed by atoms with Crippen LogP contribution < -0.4 is 11.1 Å². The van der Waals surface area contributed by atoms with Gasteiger partial charge in [0.05, 0.1) is 0 Å². The minimum atomic E-state index is 0.615. The molecule has 0 unspecified atom stereocenters. The summed E-state index contributed by atoms with van der Waals surface area (Å²) in [6.07, 6.45) is 1.82.